The number of nitro groups is 1. The summed E-state index contributed by atoms with van der Waals surface area (Å²) in [6, 6.07) is 31.9. The second kappa shape index (κ2) is 11.2. The summed E-state index contributed by atoms with van der Waals surface area (Å²) in [5, 5.41) is 15.1. The van der Waals surface area contributed by atoms with Gasteiger partial charge in [0.05, 0.1) is 22.4 Å². The van der Waals surface area contributed by atoms with Gasteiger partial charge in [0.15, 0.2) is 0 Å². The largest absolute Gasteiger partial charge is 0.406 e. The highest BCUT2D eigenvalue weighted by Gasteiger charge is 2.22. The SMILES string of the molecule is O=C(NCc1ccccc1)N(Cc1ccccc1)c1nc2ccccc2c(=Nc2ccccc2[N+](=O)[O-])o1. The molecule has 38 heavy (non-hydrogen) atoms. The summed E-state index contributed by atoms with van der Waals surface area (Å²) in [5.74, 6) is 0. The lowest BCUT2D eigenvalue weighted by molar-refractivity contribution is -0.384. The maximum absolute atomic E-state index is 13.5. The van der Waals surface area contributed by atoms with E-state index in [0.717, 1.165) is 11.1 Å². The van der Waals surface area contributed by atoms with Crippen LogP contribution in [-0.4, -0.2) is 15.9 Å². The fourth-order valence-corrected chi connectivity index (χ4v) is 3.90. The highest BCUT2D eigenvalue weighted by atomic mass is 16.6. The molecule has 1 N–H and O–H groups in total. The first-order valence-electron chi connectivity index (χ1n) is 11.9. The molecule has 0 atom stereocenters. The molecule has 9 heteroatoms. The van der Waals surface area contributed by atoms with Gasteiger partial charge in [0, 0.05) is 12.6 Å². The molecular weight excluding hydrogens is 482 g/mol. The molecule has 0 aliphatic rings. The minimum Gasteiger partial charge on any atom is -0.406 e. The molecule has 0 radical (unpaired) electrons. The zero-order chi connectivity index (χ0) is 26.3. The van der Waals surface area contributed by atoms with Gasteiger partial charge < -0.3 is 9.73 Å². The number of para-hydroxylation sites is 3. The van der Waals surface area contributed by atoms with Crippen LogP contribution in [0.25, 0.3) is 10.9 Å². The van der Waals surface area contributed by atoms with Crippen LogP contribution in [0.3, 0.4) is 0 Å². The summed E-state index contributed by atoms with van der Waals surface area (Å²) in [6.45, 7) is 0.493. The van der Waals surface area contributed by atoms with E-state index in [1.165, 1.54) is 17.0 Å². The third kappa shape index (κ3) is 5.57. The van der Waals surface area contributed by atoms with E-state index in [2.05, 4.69) is 15.3 Å². The smallest absolute Gasteiger partial charge is 0.326 e. The molecule has 188 valence electrons. The van der Waals surface area contributed by atoms with Crippen LogP contribution in [0.4, 0.5) is 22.2 Å². The lowest BCUT2D eigenvalue weighted by Crippen LogP contribution is -2.40. The Labute approximate surface area is 217 Å². The summed E-state index contributed by atoms with van der Waals surface area (Å²) >= 11 is 0. The van der Waals surface area contributed by atoms with Crippen molar-refractivity contribution in [1.82, 2.24) is 10.3 Å². The van der Waals surface area contributed by atoms with E-state index in [0.29, 0.717) is 17.4 Å². The molecule has 0 aliphatic heterocycles. The molecule has 1 aromatic heterocycles. The van der Waals surface area contributed by atoms with Crippen molar-refractivity contribution in [3.63, 3.8) is 0 Å². The van der Waals surface area contributed by atoms with Crippen molar-refractivity contribution in [2.45, 2.75) is 13.1 Å². The number of aromatic nitrogens is 1. The number of anilines is 1. The first kappa shape index (κ1) is 24.4. The van der Waals surface area contributed by atoms with Crippen LogP contribution in [0.15, 0.2) is 119 Å². The van der Waals surface area contributed by atoms with Crippen LogP contribution in [0.5, 0.6) is 0 Å². The van der Waals surface area contributed by atoms with Gasteiger partial charge in [0.2, 0.25) is 5.55 Å². The van der Waals surface area contributed by atoms with E-state index < -0.39 is 11.0 Å². The van der Waals surface area contributed by atoms with E-state index in [1.54, 1.807) is 30.3 Å². The Morgan fingerprint density at radius 3 is 2.24 bits per heavy atom. The molecule has 0 fully saturated rings. The Hall–Kier alpha value is -5.31. The third-order valence-corrected chi connectivity index (χ3v) is 5.79. The van der Waals surface area contributed by atoms with Gasteiger partial charge in [-0.2, -0.15) is 4.98 Å². The van der Waals surface area contributed by atoms with Crippen LogP contribution in [0, 0.1) is 10.1 Å². The van der Waals surface area contributed by atoms with Crippen LogP contribution >= 0.6 is 0 Å². The maximum Gasteiger partial charge on any atom is 0.326 e. The maximum atomic E-state index is 13.5. The van der Waals surface area contributed by atoms with Crippen molar-refractivity contribution in [3.05, 3.63) is 136 Å². The number of benzene rings is 4. The molecule has 0 saturated heterocycles. The third-order valence-electron chi connectivity index (χ3n) is 5.79. The van der Waals surface area contributed by atoms with Crippen molar-refractivity contribution < 1.29 is 14.1 Å². The van der Waals surface area contributed by atoms with Crippen LogP contribution in [-0.2, 0) is 13.1 Å². The van der Waals surface area contributed by atoms with E-state index in [-0.39, 0.29) is 29.5 Å². The second-order valence-electron chi connectivity index (χ2n) is 8.39. The molecule has 0 aliphatic carbocycles. The number of carbonyl (C=O) groups excluding carboxylic acids is 1. The molecule has 0 bridgehead atoms. The molecule has 1 heterocycles. The van der Waals surface area contributed by atoms with Gasteiger partial charge in [-0.25, -0.2) is 14.7 Å². The lowest BCUT2D eigenvalue weighted by atomic mass is 10.2. The first-order chi connectivity index (χ1) is 18.6. The Kier molecular flexibility index (Phi) is 7.17. The number of amides is 2. The summed E-state index contributed by atoms with van der Waals surface area (Å²) in [5.41, 5.74) is 2.41. The minimum absolute atomic E-state index is 0.00967. The average Bonchev–Trinajstić information content (AvgIpc) is 2.96. The topological polar surface area (TPSA) is 114 Å². The molecule has 2 amide bonds. The number of rotatable bonds is 7. The van der Waals surface area contributed by atoms with Crippen LogP contribution < -0.4 is 15.8 Å². The number of hydrogen-bond acceptors (Lipinski definition) is 6. The molecule has 5 rings (SSSR count). The summed E-state index contributed by atoms with van der Waals surface area (Å²) in [6.07, 6.45) is 0. The standard InChI is InChI=1S/C29H23N5O4/c35-28(30-19-21-11-3-1-4-12-21)33(20-22-13-5-2-6-14-22)29-32-24-16-8-7-15-23(24)27(38-29)31-25-17-9-10-18-26(25)34(36)37/h1-18H,19-20H2,(H,30,35). The lowest BCUT2D eigenvalue weighted by Gasteiger charge is -2.21. The molecule has 9 nitrogen and oxygen atoms in total. The van der Waals surface area contributed by atoms with Crippen molar-refractivity contribution in [3.8, 4) is 0 Å². The number of nitrogens with one attached hydrogen (secondary N) is 1. The minimum atomic E-state index is -0.498. The molecule has 0 unspecified atom stereocenters. The van der Waals surface area contributed by atoms with Gasteiger partial charge in [-0.1, -0.05) is 84.9 Å². The Morgan fingerprint density at radius 1 is 0.868 bits per heavy atom. The quantitative estimate of drug-likeness (QED) is 0.219. The molecule has 4 aromatic carbocycles. The monoisotopic (exact) mass is 505 g/mol. The number of hydrogen-bond donors (Lipinski definition) is 1. The first-order valence-corrected chi connectivity index (χ1v) is 11.9. The van der Waals surface area contributed by atoms with Crippen molar-refractivity contribution in [2.24, 2.45) is 4.99 Å². The van der Waals surface area contributed by atoms with Gasteiger partial charge >= 0.3 is 12.0 Å². The number of fused-ring (bicyclic) bond motifs is 1. The number of nitrogens with zero attached hydrogens (tertiary/aromatic N) is 4. The van der Waals surface area contributed by atoms with Gasteiger partial charge in [-0.3, -0.25) is 10.1 Å². The highest BCUT2D eigenvalue weighted by molar-refractivity contribution is 5.90. The fraction of sp³-hybridized carbons (Fsp3) is 0.0690. The zero-order valence-corrected chi connectivity index (χ0v) is 20.2. The predicted molar refractivity (Wildman–Crippen MR) is 144 cm³/mol. The van der Waals surface area contributed by atoms with E-state index in [4.69, 9.17) is 4.42 Å². The molecule has 5 aromatic rings. The van der Waals surface area contributed by atoms with E-state index >= 15 is 0 Å². The number of carbonyl (C=O) groups is 1. The second-order valence-corrected chi connectivity index (χ2v) is 8.39. The van der Waals surface area contributed by atoms with Gasteiger partial charge in [0.25, 0.3) is 5.69 Å². The van der Waals surface area contributed by atoms with Gasteiger partial charge in [0.1, 0.15) is 5.69 Å². The number of nitro benzene ring substituents is 1. The summed E-state index contributed by atoms with van der Waals surface area (Å²) in [7, 11) is 0. The highest BCUT2D eigenvalue weighted by Crippen LogP contribution is 2.26. The van der Waals surface area contributed by atoms with Crippen molar-refractivity contribution >= 4 is 34.3 Å². The number of urea groups is 1. The zero-order valence-electron chi connectivity index (χ0n) is 20.2. The Balaban J connectivity index is 1.61. The average molecular weight is 506 g/mol. The van der Waals surface area contributed by atoms with Crippen LogP contribution in [0.1, 0.15) is 11.1 Å². The van der Waals surface area contributed by atoms with E-state index in [9.17, 15) is 14.9 Å². The van der Waals surface area contributed by atoms with Gasteiger partial charge in [-0.05, 0) is 29.3 Å². The normalized spacial score (nSPS) is 11.3. The van der Waals surface area contributed by atoms with Crippen molar-refractivity contribution in [1.29, 1.82) is 0 Å². The van der Waals surface area contributed by atoms with Crippen molar-refractivity contribution in [2.75, 3.05) is 4.90 Å². The molecular formula is C29H23N5O4. The Morgan fingerprint density at radius 2 is 1.50 bits per heavy atom. The predicted octanol–water partition coefficient (Wildman–Crippen LogP) is 5.88. The molecule has 0 saturated carbocycles. The van der Waals surface area contributed by atoms with Gasteiger partial charge in [-0.15, -0.1) is 0 Å². The summed E-state index contributed by atoms with van der Waals surface area (Å²) < 4.78 is 6.10. The van der Waals surface area contributed by atoms with E-state index in [1.807, 2.05) is 66.7 Å². The summed E-state index contributed by atoms with van der Waals surface area (Å²) in [4.78, 5) is 35.0. The Bertz CT molecular complexity index is 1650. The fourth-order valence-electron chi connectivity index (χ4n) is 3.90. The molecule has 0 spiro atoms. The van der Waals surface area contributed by atoms with Crippen LogP contribution in [0.2, 0.25) is 0 Å².